The monoisotopic (exact) mass is 297 g/mol. The lowest BCUT2D eigenvalue weighted by Crippen LogP contribution is -2.51. The Morgan fingerprint density at radius 3 is 2.05 bits per heavy atom. The molecule has 1 amide bonds. The molecule has 1 saturated heterocycles. The zero-order chi connectivity index (χ0) is 16.3. The third-order valence-electron chi connectivity index (χ3n) is 4.18. The van der Waals surface area contributed by atoms with Crippen LogP contribution in [0.2, 0.25) is 0 Å². The molecule has 3 unspecified atom stereocenters. The van der Waals surface area contributed by atoms with Crippen molar-refractivity contribution >= 4 is 5.91 Å². The number of rotatable bonds is 7. The van der Waals surface area contributed by atoms with Crippen LogP contribution in [-0.2, 0) is 4.79 Å². The van der Waals surface area contributed by atoms with E-state index < -0.39 is 0 Å². The van der Waals surface area contributed by atoms with E-state index in [9.17, 15) is 4.79 Å². The summed E-state index contributed by atoms with van der Waals surface area (Å²) in [5.74, 6) is 1.64. The summed E-state index contributed by atoms with van der Waals surface area (Å²) in [6.07, 6.45) is 1.22. The molecule has 0 spiro atoms. The van der Waals surface area contributed by atoms with Gasteiger partial charge in [-0.15, -0.1) is 0 Å². The van der Waals surface area contributed by atoms with Crippen LogP contribution in [0.1, 0.15) is 48.0 Å². The standard InChI is InChI=1S/C17H35N3O/c1-11(2)9-14(10-19(7)8)20-16(13(5)6)18-15(12(3)4)17(20)21/h11-16,18H,9-10H2,1-8H3. The number of likely N-dealkylation sites (N-methyl/N-ethyl adjacent to an activating group) is 1. The highest BCUT2D eigenvalue weighted by atomic mass is 16.2. The van der Waals surface area contributed by atoms with E-state index in [0.717, 1.165) is 13.0 Å². The molecule has 4 nitrogen and oxygen atoms in total. The Morgan fingerprint density at radius 1 is 1.10 bits per heavy atom. The molecule has 1 N–H and O–H groups in total. The Balaban J connectivity index is 3.02. The predicted molar refractivity (Wildman–Crippen MR) is 89.0 cm³/mol. The van der Waals surface area contributed by atoms with Crippen molar-refractivity contribution in [3.05, 3.63) is 0 Å². The molecule has 1 aliphatic rings. The summed E-state index contributed by atoms with van der Waals surface area (Å²) in [4.78, 5) is 17.3. The minimum atomic E-state index is -0.0331. The van der Waals surface area contributed by atoms with Gasteiger partial charge in [0.25, 0.3) is 0 Å². The number of amides is 1. The highest BCUT2D eigenvalue weighted by Gasteiger charge is 2.44. The third kappa shape index (κ3) is 4.68. The van der Waals surface area contributed by atoms with Gasteiger partial charge >= 0.3 is 0 Å². The number of carbonyl (C=O) groups excluding carboxylic acids is 1. The molecule has 0 aromatic rings. The summed E-state index contributed by atoms with van der Waals surface area (Å²) in [6.45, 7) is 14.0. The number of hydrogen-bond donors (Lipinski definition) is 1. The zero-order valence-corrected chi connectivity index (χ0v) is 15.2. The van der Waals surface area contributed by atoms with Gasteiger partial charge < -0.3 is 9.80 Å². The minimum Gasteiger partial charge on any atom is -0.321 e. The second-order valence-electron chi connectivity index (χ2n) is 7.87. The maximum absolute atomic E-state index is 12.9. The lowest BCUT2D eigenvalue weighted by molar-refractivity contribution is -0.134. The Morgan fingerprint density at radius 2 is 1.67 bits per heavy atom. The maximum Gasteiger partial charge on any atom is 0.241 e. The van der Waals surface area contributed by atoms with Crippen molar-refractivity contribution in [2.75, 3.05) is 20.6 Å². The smallest absolute Gasteiger partial charge is 0.241 e. The first kappa shape index (κ1) is 18.4. The summed E-state index contributed by atoms with van der Waals surface area (Å²) in [5.41, 5.74) is 0. The molecule has 1 heterocycles. The van der Waals surface area contributed by atoms with Gasteiger partial charge in [0.05, 0.1) is 12.2 Å². The first-order valence-electron chi connectivity index (χ1n) is 8.38. The highest BCUT2D eigenvalue weighted by Crippen LogP contribution is 2.26. The molecule has 3 atom stereocenters. The first-order valence-corrected chi connectivity index (χ1v) is 8.38. The van der Waals surface area contributed by atoms with E-state index in [1.807, 2.05) is 0 Å². The number of carbonyl (C=O) groups is 1. The van der Waals surface area contributed by atoms with Crippen molar-refractivity contribution in [3.63, 3.8) is 0 Å². The Bertz CT molecular complexity index is 329. The summed E-state index contributed by atoms with van der Waals surface area (Å²) in [5, 5.41) is 3.57. The minimum absolute atomic E-state index is 0.0331. The fourth-order valence-corrected chi connectivity index (χ4v) is 3.27. The molecule has 21 heavy (non-hydrogen) atoms. The summed E-state index contributed by atoms with van der Waals surface area (Å²) < 4.78 is 0. The molecule has 124 valence electrons. The van der Waals surface area contributed by atoms with E-state index >= 15 is 0 Å². The van der Waals surface area contributed by atoms with Crippen LogP contribution < -0.4 is 5.32 Å². The van der Waals surface area contributed by atoms with Gasteiger partial charge in [0.1, 0.15) is 0 Å². The van der Waals surface area contributed by atoms with E-state index in [2.05, 4.69) is 70.8 Å². The van der Waals surface area contributed by atoms with Crippen LogP contribution in [0.25, 0.3) is 0 Å². The van der Waals surface area contributed by atoms with Crippen LogP contribution in [0.4, 0.5) is 0 Å². The van der Waals surface area contributed by atoms with Crippen molar-refractivity contribution in [1.82, 2.24) is 15.1 Å². The van der Waals surface area contributed by atoms with Crippen molar-refractivity contribution in [3.8, 4) is 0 Å². The van der Waals surface area contributed by atoms with Gasteiger partial charge in [0.2, 0.25) is 5.91 Å². The van der Waals surface area contributed by atoms with Crippen molar-refractivity contribution in [2.24, 2.45) is 17.8 Å². The second-order valence-corrected chi connectivity index (χ2v) is 7.87. The highest BCUT2D eigenvalue weighted by molar-refractivity contribution is 5.85. The number of hydrogen-bond acceptors (Lipinski definition) is 3. The van der Waals surface area contributed by atoms with Crippen LogP contribution in [0.3, 0.4) is 0 Å². The van der Waals surface area contributed by atoms with Gasteiger partial charge in [-0.05, 0) is 38.3 Å². The van der Waals surface area contributed by atoms with Crippen LogP contribution in [0.15, 0.2) is 0 Å². The Kier molecular flexibility index (Phi) is 6.67. The van der Waals surface area contributed by atoms with Gasteiger partial charge in [-0.1, -0.05) is 41.5 Å². The SMILES string of the molecule is CC(C)CC(CN(C)C)N1C(=O)C(C(C)C)NC1C(C)C. The third-order valence-corrected chi connectivity index (χ3v) is 4.18. The summed E-state index contributed by atoms with van der Waals surface area (Å²) >= 11 is 0. The molecule has 1 rings (SSSR count). The molecule has 1 fully saturated rings. The Hall–Kier alpha value is -0.610. The molecular formula is C17H35N3O. The quantitative estimate of drug-likeness (QED) is 0.784. The number of nitrogens with one attached hydrogen (secondary N) is 1. The van der Waals surface area contributed by atoms with E-state index in [1.54, 1.807) is 0 Å². The van der Waals surface area contributed by atoms with Crippen molar-refractivity contribution < 1.29 is 4.79 Å². The van der Waals surface area contributed by atoms with Crippen LogP contribution in [0, 0.1) is 17.8 Å². The van der Waals surface area contributed by atoms with E-state index in [1.165, 1.54) is 0 Å². The summed E-state index contributed by atoms with van der Waals surface area (Å²) in [6, 6.07) is 0.255. The number of nitrogens with zero attached hydrogens (tertiary/aromatic N) is 2. The van der Waals surface area contributed by atoms with Gasteiger partial charge in [0.15, 0.2) is 0 Å². The topological polar surface area (TPSA) is 35.6 Å². The fraction of sp³-hybridized carbons (Fsp3) is 0.941. The van der Waals surface area contributed by atoms with Crippen LogP contribution in [0.5, 0.6) is 0 Å². The normalized spacial score (nSPS) is 25.0. The average Bonchev–Trinajstić information content (AvgIpc) is 2.64. The fourth-order valence-electron chi connectivity index (χ4n) is 3.27. The van der Waals surface area contributed by atoms with Gasteiger partial charge in [-0.3, -0.25) is 10.1 Å². The average molecular weight is 297 g/mol. The molecule has 4 heteroatoms. The van der Waals surface area contributed by atoms with E-state index in [4.69, 9.17) is 0 Å². The van der Waals surface area contributed by atoms with E-state index in [-0.39, 0.29) is 24.2 Å². The second kappa shape index (κ2) is 7.59. The predicted octanol–water partition coefficient (Wildman–Crippen LogP) is 2.40. The largest absolute Gasteiger partial charge is 0.321 e. The molecule has 0 aliphatic carbocycles. The maximum atomic E-state index is 12.9. The molecule has 0 aromatic carbocycles. The molecule has 1 aliphatic heterocycles. The van der Waals surface area contributed by atoms with Crippen LogP contribution >= 0.6 is 0 Å². The summed E-state index contributed by atoms with van der Waals surface area (Å²) in [7, 11) is 4.18. The lowest BCUT2D eigenvalue weighted by Gasteiger charge is -2.37. The van der Waals surface area contributed by atoms with Gasteiger partial charge in [-0.25, -0.2) is 0 Å². The molecule has 0 bridgehead atoms. The van der Waals surface area contributed by atoms with Crippen molar-refractivity contribution in [2.45, 2.75) is 66.2 Å². The molecule has 0 aromatic heterocycles. The Labute approximate surface area is 131 Å². The van der Waals surface area contributed by atoms with Gasteiger partial charge in [0, 0.05) is 12.6 Å². The lowest BCUT2D eigenvalue weighted by atomic mass is 9.99. The van der Waals surface area contributed by atoms with E-state index in [0.29, 0.717) is 17.8 Å². The first-order chi connectivity index (χ1) is 9.65. The molecular weight excluding hydrogens is 262 g/mol. The van der Waals surface area contributed by atoms with Gasteiger partial charge in [-0.2, -0.15) is 0 Å². The zero-order valence-electron chi connectivity index (χ0n) is 15.2. The van der Waals surface area contributed by atoms with Crippen molar-refractivity contribution in [1.29, 1.82) is 0 Å². The van der Waals surface area contributed by atoms with Crippen LogP contribution in [-0.4, -0.2) is 54.6 Å². The molecule has 0 radical (unpaired) electrons. The molecule has 0 saturated carbocycles.